The molecule has 2 amide bonds. The monoisotopic (exact) mass is 291 g/mol. The van der Waals surface area contributed by atoms with E-state index in [1.54, 1.807) is 0 Å². The number of anilines is 1. The van der Waals surface area contributed by atoms with Crippen LogP contribution in [0.3, 0.4) is 0 Å². The van der Waals surface area contributed by atoms with Crippen molar-refractivity contribution >= 4 is 23.4 Å². The topological polar surface area (TPSA) is 113 Å². The van der Waals surface area contributed by atoms with Gasteiger partial charge in [-0.05, 0) is 19.1 Å². The Hall–Kier alpha value is -3.08. The van der Waals surface area contributed by atoms with E-state index in [1.165, 1.54) is 25.1 Å². The first-order chi connectivity index (χ1) is 9.85. The molecule has 1 aromatic carbocycles. The summed E-state index contributed by atoms with van der Waals surface area (Å²) < 4.78 is 0. The van der Waals surface area contributed by atoms with Gasteiger partial charge in [-0.25, -0.2) is 4.79 Å². The molecule has 1 rings (SSSR count). The average Bonchev–Trinajstić information content (AvgIpc) is 2.37. The van der Waals surface area contributed by atoms with Gasteiger partial charge in [0.25, 0.3) is 5.69 Å². The predicted octanol–water partition coefficient (Wildman–Crippen LogP) is 1.45. The van der Waals surface area contributed by atoms with Crippen LogP contribution in [0.15, 0.2) is 18.2 Å². The Bertz CT molecular complexity index is 621. The maximum atomic E-state index is 11.9. The lowest BCUT2D eigenvalue weighted by atomic mass is 10.2. The lowest BCUT2D eigenvalue weighted by Crippen LogP contribution is -2.39. The molecule has 0 saturated carbocycles. The minimum absolute atomic E-state index is 0.0704. The number of aryl methyl sites for hydroxylation is 1. The molecule has 0 fully saturated rings. The summed E-state index contributed by atoms with van der Waals surface area (Å²) in [6.45, 7) is 0.830. The molecular formula is C13H13N3O5. The second kappa shape index (κ2) is 6.91. The van der Waals surface area contributed by atoms with Gasteiger partial charge < -0.3 is 15.3 Å². The van der Waals surface area contributed by atoms with E-state index < -0.39 is 23.5 Å². The van der Waals surface area contributed by atoms with Crippen LogP contribution < -0.4 is 5.32 Å². The third-order valence-electron chi connectivity index (χ3n) is 2.54. The number of hydrogen-bond acceptors (Lipinski definition) is 4. The number of nitro groups is 1. The number of aliphatic carboxylic acids is 1. The van der Waals surface area contributed by atoms with Crippen LogP contribution in [0.5, 0.6) is 0 Å². The van der Waals surface area contributed by atoms with Gasteiger partial charge in [-0.3, -0.25) is 14.9 Å². The highest BCUT2D eigenvalue weighted by Gasteiger charge is 2.17. The molecule has 0 aliphatic rings. The molecule has 21 heavy (non-hydrogen) atoms. The van der Waals surface area contributed by atoms with Crippen LogP contribution in [-0.4, -0.2) is 40.0 Å². The molecule has 0 saturated heterocycles. The number of urea groups is 1. The van der Waals surface area contributed by atoms with E-state index >= 15 is 0 Å². The van der Waals surface area contributed by atoms with Crippen molar-refractivity contribution in [2.24, 2.45) is 0 Å². The molecule has 2 N–H and O–H groups in total. The zero-order valence-corrected chi connectivity index (χ0v) is 11.2. The van der Waals surface area contributed by atoms with Crippen LogP contribution in [-0.2, 0) is 4.79 Å². The molecule has 0 heterocycles. The second-order valence-electron chi connectivity index (χ2n) is 4.14. The van der Waals surface area contributed by atoms with E-state index in [-0.39, 0.29) is 12.2 Å². The fourth-order valence-electron chi connectivity index (χ4n) is 1.61. The minimum Gasteiger partial charge on any atom is -0.480 e. The van der Waals surface area contributed by atoms with E-state index in [0.29, 0.717) is 11.3 Å². The molecule has 0 atom stereocenters. The Morgan fingerprint density at radius 1 is 1.52 bits per heavy atom. The number of carboxylic acid groups (broad SMARTS) is 1. The quantitative estimate of drug-likeness (QED) is 0.484. The van der Waals surface area contributed by atoms with Crippen LogP contribution in [0.2, 0.25) is 0 Å². The minimum atomic E-state index is -1.19. The molecule has 110 valence electrons. The fraction of sp³-hybridized carbons (Fsp3) is 0.231. The first-order valence-electron chi connectivity index (χ1n) is 5.81. The second-order valence-corrected chi connectivity index (χ2v) is 4.14. The van der Waals surface area contributed by atoms with Crippen molar-refractivity contribution in [1.29, 1.82) is 0 Å². The molecule has 0 spiro atoms. The number of amides is 2. The molecule has 0 radical (unpaired) electrons. The van der Waals surface area contributed by atoms with Crippen LogP contribution >= 0.6 is 0 Å². The largest absolute Gasteiger partial charge is 0.480 e. The Kier molecular flexibility index (Phi) is 5.25. The first kappa shape index (κ1) is 16.0. The molecule has 0 unspecified atom stereocenters. The Morgan fingerprint density at radius 3 is 2.67 bits per heavy atom. The number of carbonyl (C=O) groups excluding carboxylic acids is 1. The lowest BCUT2D eigenvalue weighted by molar-refractivity contribution is -0.385. The van der Waals surface area contributed by atoms with Gasteiger partial charge in [-0.1, -0.05) is 5.92 Å². The Labute approximate surface area is 120 Å². The van der Waals surface area contributed by atoms with Crippen molar-refractivity contribution in [2.45, 2.75) is 6.92 Å². The van der Waals surface area contributed by atoms with Gasteiger partial charge in [0, 0.05) is 17.3 Å². The van der Waals surface area contributed by atoms with E-state index in [9.17, 15) is 19.7 Å². The SMILES string of the molecule is C#CCN(CC(=O)O)C(=O)Nc1ccc([N+](=O)[O-])c(C)c1. The molecule has 1 aromatic rings. The fourth-order valence-corrected chi connectivity index (χ4v) is 1.61. The smallest absolute Gasteiger partial charge is 0.323 e. The number of nitrogens with one attached hydrogen (secondary N) is 1. The van der Waals surface area contributed by atoms with Gasteiger partial charge in [-0.15, -0.1) is 6.42 Å². The first-order valence-corrected chi connectivity index (χ1v) is 5.81. The Balaban J connectivity index is 2.86. The van der Waals surface area contributed by atoms with Gasteiger partial charge >= 0.3 is 12.0 Å². The molecule has 0 aliphatic heterocycles. The van der Waals surface area contributed by atoms with Gasteiger partial charge in [-0.2, -0.15) is 0 Å². The molecule has 0 aliphatic carbocycles. The predicted molar refractivity (Wildman–Crippen MR) is 74.9 cm³/mol. The number of rotatable bonds is 5. The highest BCUT2D eigenvalue weighted by atomic mass is 16.6. The van der Waals surface area contributed by atoms with Crippen LogP contribution in [0.4, 0.5) is 16.2 Å². The number of hydrogen-bond donors (Lipinski definition) is 2. The van der Waals surface area contributed by atoms with Crippen LogP contribution in [0.1, 0.15) is 5.56 Å². The maximum absolute atomic E-state index is 11.9. The normalized spacial score (nSPS) is 9.52. The van der Waals surface area contributed by atoms with Crippen molar-refractivity contribution in [3.05, 3.63) is 33.9 Å². The van der Waals surface area contributed by atoms with E-state index in [1.807, 2.05) is 0 Å². The summed E-state index contributed by atoms with van der Waals surface area (Å²) >= 11 is 0. The highest BCUT2D eigenvalue weighted by Crippen LogP contribution is 2.21. The summed E-state index contributed by atoms with van der Waals surface area (Å²) in [6, 6.07) is 3.35. The lowest BCUT2D eigenvalue weighted by Gasteiger charge is -2.18. The Morgan fingerprint density at radius 2 is 2.19 bits per heavy atom. The van der Waals surface area contributed by atoms with E-state index in [0.717, 1.165) is 4.90 Å². The number of carbonyl (C=O) groups is 2. The molecule has 0 bridgehead atoms. The standard InChI is InChI=1S/C13H13N3O5/c1-3-6-15(8-12(17)18)13(19)14-10-4-5-11(16(20)21)9(2)7-10/h1,4-5,7H,6,8H2,2H3,(H,14,19)(H,17,18). The summed E-state index contributed by atoms with van der Waals surface area (Å²) in [6.07, 6.45) is 5.07. The third-order valence-corrected chi connectivity index (χ3v) is 2.54. The van der Waals surface area contributed by atoms with Gasteiger partial charge in [0.05, 0.1) is 11.5 Å². The number of nitrogens with zero attached hydrogens (tertiary/aromatic N) is 2. The van der Waals surface area contributed by atoms with Crippen molar-refractivity contribution < 1.29 is 19.6 Å². The molecule has 0 aromatic heterocycles. The zero-order chi connectivity index (χ0) is 16.0. The summed E-state index contributed by atoms with van der Waals surface area (Å²) in [5, 5.41) is 21.8. The average molecular weight is 291 g/mol. The summed E-state index contributed by atoms with van der Waals surface area (Å²) in [5.74, 6) is 0.994. The number of nitro benzene ring substituents is 1. The van der Waals surface area contributed by atoms with Crippen molar-refractivity contribution in [2.75, 3.05) is 18.4 Å². The third kappa shape index (κ3) is 4.50. The van der Waals surface area contributed by atoms with Crippen molar-refractivity contribution in [1.82, 2.24) is 4.90 Å². The van der Waals surface area contributed by atoms with E-state index in [2.05, 4.69) is 11.2 Å². The number of benzene rings is 1. The highest BCUT2D eigenvalue weighted by molar-refractivity contribution is 5.91. The van der Waals surface area contributed by atoms with Gasteiger partial charge in [0.15, 0.2) is 0 Å². The van der Waals surface area contributed by atoms with Crippen LogP contribution in [0, 0.1) is 29.4 Å². The van der Waals surface area contributed by atoms with E-state index in [4.69, 9.17) is 11.5 Å². The summed E-state index contributed by atoms with van der Waals surface area (Å²) in [4.78, 5) is 33.6. The molecule has 8 heteroatoms. The van der Waals surface area contributed by atoms with Gasteiger partial charge in [0.2, 0.25) is 0 Å². The van der Waals surface area contributed by atoms with Gasteiger partial charge in [0.1, 0.15) is 6.54 Å². The van der Waals surface area contributed by atoms with Crippen LogP contribution in [0.25, 0.3) is 0 Å². The number of terminal acetylenes is 1. The van der Waals surface area contributed by atoms with Crippen molar-refractivity contribution in [3.8, 4) is 12.3 Å². The maximum Gasteiger partial charge on any atom is 0.323 e. The summed E-state index contributed by atoms with van der Waals surface area (Å²) in [5.41, 5.74) is 0.620. The molecule has 8 nitrogen and oxygen atoms in total. The zero-order valence-electron chi connectivity index (χ0n) is 11.2. The van der Waals surface area contributed by atoms with Crippen molar-refractivity contribution in [3.63, 3.8) is 0 Å². The molecular weight excluding hydrogens is 278 g/mol. The summed E-state index contributed by atoms with van der Waals surface area (Å²) in [7, 11) is 0. The number of carboxylic acids is 1.